The highest BCUT2D eigenvalue weighted by atomic mass is 35.5. The minimum absolute atomic E-state index is 0.694. The van der Waals surface area contributed by atoms with Crippen LogP contribution in [0.3, 0.4) is 0 Å². The first-order chi connectivity index (χ1) is 4.30. The number of halogens is 1. The van der Waals surface area contributed by atoms with E-state index in [0.717, 1.165) is 5.57 Å². The van der Waals surface area contributed by atoms with Crippen LogP contribution in [-0.4, -0.2) is 0 Å². The molecule has 0 amide bonds. The highest BCUT2D eigenvalue weighted by Gasteiger charge is 1.91. The molecule has 0 atom stereocenters. The predicted octanol–water partition coefficient (Wildman–Crippen LogP) is 2.78. The van der Waals surface area contributed by atoms with E-state index < -0.39 is 0 Å². The van der Waals surface area contributed by atoms with Crippen molar-refractivity contribution >= 4 is 11.6 Å². The van der Waals surface area contributed by atoms with Gasteiger partial charge in [0.25, 0.3) is 0 Å². The third-order valence-corrected chi connectivity index (χ3v) is 1.52. The largest absolute Gasteiger partial charge is 0.100 e. The van der Waals surface area contributed by atoms with Gasteiger partial charge in [0.1, 0.15) is 0 Å². The Morgan fingerprint density at radius 2 is 2.22 bits per heavy atom. The first kappa shape index (κ1) is 6.41. The molecule has 0 unspecified atom stereocenters. The fraction of sp³-hybridized carbons (Fsp3) is 0.125. The Bertz CT molecular complexity index is 225. The summed E-state index contributed by atoms with van der Waals surface area (Å²) in [7, 11) is 0. The highest BCUT2D eigenvalue weighted by molar-refractivity contribution is 6.31. The van der Waals surface area contributed by atoms with Gasteiger partial charge in [-0.25, -0.2) is 0 Å². The monoisotopic (exact) mass is 138 g/mol. The Balaban J connectivity index is 3.06. The van der Waals surface area contributed by atoms with Crippen LogP contribution in [0.5, 0.6) is 0 Å². The molecule has 0 aromatic heterocycles. The van der Waals surface area contributed by atoms with Gasteiger partial charge in [-0.15, -0.1) is 5.73 Å². The van der Waals surface area contributed by atoms with Crippen molar-refractivity contribution in [2.24, 2.45) is 0 Å². The summed E-state index contributed by atoms with van der Waals surface area (Å²) in [5.41, 5.74) is 3.95. The SMILES string of the molecule is CC1=CC=CC=C=C1Cl. The van der Waals surface area contributed by atoms with Crippen LogP contribution < -0.4 is 0 Å². The van der Waals surface area contributed by atoms with Crippen molar-refractivity contribution < 1.29 is 0 Å². The third-order valence-electron chi connectivity index (χ3n) is 1.11. The first-order valence-electron chi connectivity index (χ1n) is 2.77. The minimum Gasteiger partial charge on any atom is -0.100 e. The standard InChI is InChI=1S/C8H7Cl/c1-7-5-3-2-4-6-8(7)9/h2-5H,1H3. The van der Waals surface area contributed by atoms with E-state index in [1.807, 2.05) is 25.2 Å². The van der Waals surface area contributed by atoms with Crippen molar-refractivity contribution in [2.75, 3.05) is 0 Å². The maximum atomic E-state index is 5.74. The number of allylic oxidation sites excluding steroid dienone is 5. The van der Waals surface area contributed by atoms with Crippen molar-refractivity contribution in [1.82, 2.24) is 0 Å². The molecule has 0 bridgehead atoms. The molecule has 1 heteroatoms. The van der Waals surface area contributed by atoms with Crippen LogP contribution >= 0.6 is 11.6 Å². The van der Waals surface area contributed by atoms with Gasteiger partial charge in [0.05, 0.1) is 5.03 Å². The molecule has 0 spiro atoms. The Morgan fingerprint density at radius 1 is 1.44 bits per heavy atom. The van der Waals surface area contributed by atoms with E-state index >= 15 is 0 Å². The molecular weight excluding hydrogens is 132 g/mol. The molecule has 1 aliphatic rings. The van der Waals surface area contributed by atoms with E-state index in [1.165, 1.54) is 0 Å². The summed E-state index contributed by atoms with van der Waals surface area (Å²) in [6.45, 7) is 1.96. The van der Waals surface area contributed by atoms with Crippen molar-refractivity contribution in [2.45, 2.75) is 6.92 Å². The molecule has 9 heavy (non-hydrogen) atoms. The Kier molecular flexibility index (Phi) is 1.94. The Morgan fingerprint density at radius 3 is 3.00 bits per heavy atom. The van der Waals surface area contributed by atoms with E-state index in [1.54, 1.807) is 6.08 Å². The molecule has 0 aliphatic heterocycles. The molecule has 1 aliphatic carbocycles. The molecule has 0 aromatic carbocycles. The first-order valence-corrected chi connectivity index (χ1v) is 3.14. The lowest BCUT2D eigenvalue weighted by atomic mass is 10.3. The van der Waals surface area contributed by atoms with Crippen molar-refractivity contribution in [3.05, 3.63) is 40.6 Å². The maximum Gasteiger partial charge on any atom is 0.0853 e. The molecule has 0 fully saturated rings. The van der Waals surface area contributed by atoms with Gasteiger partial charge in [0, 0.05) is 0 Å². The Hall–Kier alpha value is -0.710. The summed E-state index contributed by atoms with van der Waals surface area (Å²) in [5.74, 6) is 0. The summed E-state index contributed by atoms with van der Waals surface area (Å²) in [6.07, 6.45) is 7.60. The summed E-state index contributed by atoms with van der Waals surface area (Å²) >= 11 is 5.74. The van der Waals surface area contributed by atoms with Crippen LogP contribution in [0.4, 0.5) is 0 Å². The Labute approximate surface area is 59.8 Å². The topological polar surface area (TPSA) is 0 Å². The quantitative estimate of drug-likeness (QED) is 0.452. The molecule has 0 saturated carbocycles. The lowest BCUT2D eigenvalue weighted by Crippen LogP contribution is -1.69. The molecule has 1 rings (SSSR count). The van der Waals surface area contributed by atoms with Crippen LogP contribution in [-0.2, 0) is 0 Å². The molecular formula is C8H7Cl. The van der Waals surface area contributed by atoms with Crippen LogP contribution in [0.15, 0.2) is 40.6 Å². The van der Waals surface area contributed by atoms with Gasteiger partial charge >= 0.3 is 0 Å². The van der Waals surface area contributed by atoms with E-state index in [9.17, 15) is 0 Å². The van der Waals surface area contributed by atoms with Crippen molar-refractivity contribution in [1.29, 1.82) is 0 Å². The predicted molar refractivity (Wildman–Crippen MR) is 40.3 cm³/mol. The third kappa shape index (κ3) is 1.60. The van der Waals surface area contributed by atoms with Gasteiger partial charge in [0.2, 0.25) is 0 Å². The zero-order valence-corrected chi connectivity index (χ0v) is 5.94. The number of hydrogen-bond donors (Lipinski definition) is 0. The second-order valence-corrected chi connectivity index (χ2v) is 2.24. The molecule has 46 valence electrons. The second-order valence-electron chi connectivity index (χ2n) is 1.86. The average Bonchev–Trinajstić information content (AvgIpc) is 1.99. The van der Waals surface area contributed by atoms with E-state index in [-0.39, 0.29) is 0 Å². The lowest BCUT2D eigenvalue weighted by Gasteiger charge is -1.88. The fourth-order valence-corrected chi connectivity index (χ4v) is 0.690. The van der Waals surface area contributed by atoms with Crippen LogP contribution in [0.2, 0.25) is 0 Å². The van der Waals surface area contributed by atoms with Gasteiger partial charge in [-0.2, -0.15) is 0 Å². The van der Waals surface area contributed by atoms with Crippen LogP contribution in [0.1, 0.15) is 6.92 Å². The lowest BCUT2D eigenvalue weighted by molar-refractivity contribution is 1.51. The normalized spacial score (nSPS) is 16.7. The van der Waals surface area contributed by atoms with Gasteiger partial charge in [-0.05, 0) is 18.6 Å². The number of rotatable bonds is 0. The van der Waals surface area contributed by atoms with Crippen LogP contribution in [0.25, 0.3) is 0 Å². The van der Waals surface area contributed by atoms with Gasteiger partial charge < -0.3 is 0 Å². The summed E-state index contributed by atoms with van der Waals surface area (Å²) in [4.78, 5) is 0. The smallest absolute Gasteiger partial charge is 0.0853 e. The second kappa shape index (κ2) is 2.72. The van der Waals surface area contributed by atoms with Gasteiger partial charge in [-0.1, -0.05) is 29.8 Å². The summed E-state index contributed by atoms with van der Waals surface area (Å²) < 4.78 is 0. The zero-order valence-electron chi connectivity index (χ0n) is 5.19. The van der Waals surface area contributed by atoms with Gasteiger partial charge in [0.15, 0.2) is 0 Å². The average molecular weight is 139 g/mol. The van der Waals surface area contributed by atoms with E-state index in [0.29, 0.717) is 5.03 Å². The highest BCUT2D eigenvalue weighted by Crippen LogP contribution is 2.13. The molecule has 0 heterocycles. The molecule has 0 saturated heterocycles. The van der Waals surface area contributed by atoms with Gasteiger partial charge in [-0.3, -0.25) is 0 Å². The summed E-state index contributed by atoms with van der Waals surface area (Å²) in [6, 6.07) is 0. The minimum atomic E-state index is 0.694. The maximum absolute atomic E-state index is 5.74. The summed E-state index contributed by atoms with van der Waals surface area (Å²) in [5, 5.41) is 0.694. The van der Waals surface area contributed by atoms with E-state index in [2.05, 4.69) is 5.73 Å². The van der Waals surface area contributed by atoms with Crippen LogP contribution in [0, 0.1) is 0 Å². The molecule has 0 nitrogen and oxygen atoms in total. The molecule has 0 N–H and O–H groups in total. The number of hydrogen-bond acceptors (Lipinski definition) is 0. The van der Waals surface area contributed by atoms with E-state index in [4.69, 9.17) is 11.6 Å². The molecule has 0 aromatic rings. The van der Waals surface area contributed by atoms with Crippen molar-refractivity contribution in [3.63, 3.8) is 0 Å². The fourth-order valence-electron chi connectivity index (χ4n) is 0.564. The molecule has 0 radical (unpaired) electrons. The zero-order chi connectivity index (χ0) is 6.69. The van der Waals surface area contributed by atoms with Crippen molar-refractivity contribution in [3.8, 4) is 0 Å².